The van der Waals surface area contributed by atoms with Gasteiger partial charge < -0.3 is 15.5 Å². The first kappa shape index (κ1) is 11.0. The van der Waals surface area contributed by atoms with Crippen LogP contribution in [0.15, 0.2) is 30.5 Å². The molecule has 3 N–H and O–H groups in total. The smallest absolute Gasteiger partial charge is 0.158 e. The summed E-state index contributed by atoms with van der Waals surface area (Å²) in [5, 5.41) is 12.7. The molecule has 3 heterocycles. The molecule has 0 spiro atoms. The third-order valence-electron chi connectivity index (χ3n) is 3.01. The molecule has 0 fully saturated rings. The lowest BCUT2D eigenvalue weighted by atomic mass is 10.3. The Balaban J connectivity index is 2.31. The van der Waals surface area contributed by atoms with Crippen molar-refractivity contribution in [3.63, 3.8) is 0 Å². The van der Waals surface area contributed by atoms with Gasteiger partial charge in [0.15, 0.2) is 5.82 Å². The molecular weight excluding hydrogens is 226 g/mol. The van der Waals surface area contributed by atoms with Crippen molar-refractivity contribution in [1.82, 2.24) is 14.6 Å². The molecule has 0 radical (unpaired) electrons. The maximum atomic E-state index is 5.51. The minimum atomic E-state index is 0.574. The number of nitrogens with one attached hydrogen (secondary N) is 1. The van der Waals surface area contributed by atoms with Gasteiger partial charge in [-0.15, -0.1) is 5.10 Å². The van der Waals surface area contributed by atoms with Crippen molar-refractivity contribution in [2.75, 3.05) is 18.4 Å². The van der Waals surface area contributed by atoms with E-state index in [1.165, 1.54) is 0 Å². The summed E-state index contributed by atoms with van der Waals surface area (Å²) in [4.78, 5) is 0. The maximum absolute atomic E-state index is 5.51. The van der Waals surface area contributed by atoms with Gasteiger partial charge in [0, 0.05) is 30.2 Å². The van der Waals surface area contributed by atoms with Crippen LogP contribution in [0.1, 0.15) is 5.69 Å². The summed E-state index contributed by atoms with van der Waals surface area (Å²) in [7, 11) is 0. The topological polar surface area (TPSA) is 68.2 Å². The van der Waals surface area contributed by atoms with Crippen LogP contribution in [-0.4, -0.2) is 27.7 Å². The Morgan fingerprint density at radius 2 is 2.22 bits per heavy atom. The Kier molecular flexibility index (Phi) is 2.60. The van der Waals surface area contributed by atoms with Crippen LogP contribution >= 0.6 is 0 Å². The van der Waals surface area contributed by atoms with Crippen LogP contribution in [-0.2, 0) is 0 Å². The highest BCUT2D eigenvalue weighted by Gasteiger charge is 2.11. The molecule has 3 aromatic rings. The highest BCUT2D eigenvalue weighted by Crippen LogP contribution is 2.26. The van der Waals surface area contributed by atoms with E-state index in [2.05, 4.69) is 32.0 Å². The molecule has 3 rings (SSSR count). The van der Waals surface area contributed by atoms with Crippen molar-refractivity contribution in [1.29, 1.82) is 0 Å². The van der Waals surface area contributed by atoms with E-state index in [1.807, 2.05) is 25.3 Å². The summed E-state index contributed by atoms with van der Waals surface area (Å²) in [5.74, 6) is 0.796. The fraction of sp³-hybridized carbons (Fsp3) is 0.231. The van der Waals surface area contributed by atoms with Gasteiger partial charge in [-0.1, -0.05) is 6.07 Å². The number of aromatic nitrogens is 3. The third-order valence-corrected chi connectivity index (χ3v) is 3.01. The van der Waals surface area contributed by atoms with E-state index in [1.54, 1.807) is 0 Å². The van der Waals surface area contributed by atoms with E-state index in [-0.39, 0.29) is 0 Å². The van der Waals surface area contributed by atoms with Gasteiger partial charge in [0.2, 0.25) is 0 Å². The van der Waals surface area contributed by atoms with Gasteiger partial charge in [-0.2, -0.15) is 5.10 Å². The minimum Gasteiger partial charge on any atom is -0.367 e. The fourth-order valence-corrected chi connectivity index (χ4v) is 2.22. The van der Waals surface area contributed by atoms with Crippen LogP contribution in [0.4, 0.5) is 5.82 Å². The number of nitrogens with zero attached hydrogens (tertiary/aromatic N) is 3. The van der Waals surface area contributed by atoms with Crippen LogP contribution in [0.25, 0.3) is 16.4 Å². The van der Waals surface area contributed by atoms with Crippen molar-refractivity contribution in [2.45, 2.75) is 6.92 Å². The second-order valence-corrected chi connectivity index (χ2v) is 4.25. The highest BCUT2D eigenvalue weighted by molar-refractivity contribution is 5.96. The van der Waals surface area contributed by atoms with Crippen molar-refractivity contribution >= 4 is 22.2 Å². The van der Waals surface area contributed by atoms with Gasteiger partial charge >= 0.3 is 0 Å². The van der Waals surface area contributed by atoms with E-state index in [9.17, 15) is 0 Å². The lowest BCUT2D eigenvalue weighted by Crippen LogP contribution is -2.14. The minimum absolute atomic E-state index is 0.574. The molecular formula is C13H15N5. The van der Waals surface area contributed by atoms with E-state index in [0.29, 0.717) is 13.1 Å². The Bertz CT molecular complexity index is 701. The zero-order valence-electron chi connectivity index (χ0n) is 10.2. The average Bonchev–Trinajstić information content (AvgIpc) is 2.78. The first-order valence-electron chi connectivity index (χ1n) is 5.98. The van der Waals surface area contributed by atoms with E-state index in [0.717, 1.165) is 27.9 Å². The number of fused-ring (bicyclic) bond motifs is 3. The van der Waals surface area contributed by atoms with Gasteiger partial charge in [0.25, 0.3) is 0 Å². The predicted molar refractivity (Wildman–Crippen MR) is 72.8 cm³/mol. The van der Waals surface area contributed by atoms with Gasteiger partial charge in [0.05, 0.1) is 11.2 Å². The molecule has 18 heavy (non-hydrogen) atoms. The van der Waals surface area contributed by atoms with E-state index >= 15 is 0 Å². The van der Waals surface area contributed by atoms with Crippen molar-refractivity contribution in [3.8, 4) is 0 Å². The number of nitrogens with two attached hydrogens (primary N) is 1. The van der Waals surface area contributed by atoms with Crippen LogP contribution in [0.2, 0.25) is 0 Å². The number of rotatable bonds is 3. The van der Waals surface area contributed by atoms with Gasteiger partial charge in [-0.05, 0) is 25.1 Å². The SMILES string of the molecule is Cc1nnc(NCCN)c2cc3ccccn3c12. The summed E-state index contributed by atoms with van der Waals surface area (Å²) in [6, 6.07) is 8.23. The molecule has 5 heteroatoms. The van der Waals surface area contributed by atoms with Gasteiger partial charge in [-0.25, -0.2) is 0 Å². The molecule has 0 unspecified atom stereocenters. The molecule has 0 aliphatic heterocycles. The Hall–Kier alpha value is -2.14. The predicted octanol–water partition coefficient (Wildman–Crippen LogP) is 1.56. The van der Waals surface area contributed by atoms with Crippen molar-refractivity contribution < 1.29 is 0 Å². The largest absolute Gasteiger partial charge is 0.367 e. The first-order chi connectivity index (χ1) is 8.81. The lowest BCUT2D eigenvalue weighted by Gasteiger charge is -2.05. The lowest BCUT2D eigenvalue weighted by molar-refractivity contribution is 0.958. The molecule has 0 aliphatic carbocycles. The normalized spacial score (nSPS) is 11.2. The van der Waals surface area contributed by atoms with Crippen LogP contribution < -0.4 is 11.1 Å². The fourth-order valence-electron chi connectivity index (χ4n) is 2.22. The molecule has 0 aromatic carbocycles. The third kappa shape index (κ3) is 1.60. The zero-order valence-corrected chi connectivity index (χ0v) is 10.2. The number of hydrogen-bond donors (Lipinski definition) is 2. The molecule has 0 aliphatic rings. The summed E-state index contributed by atoms with van der Waals surface area (Å²) >= 11 is 0. The summed E-state index contributed by atoms with van der Waals surface area (Å²) in [6.07, 6.45) is 2.04. The van der Waals surface area contributed by atoms with Crippen LogP contribution in [0.3, 0.4) is 0 Å². The molecule has 5 nitrogen and oxygen atoms in total. The Labute approximate surface area is 105 Å². The maximum Gasteiger partial charge on any atom is 0.158 e. The summed E-state index contributed by atoms with van der Waals surface area (Å²) in [6.45, 7) is 3.24. The molecule has 3 aromatic heterocycles. The Morgan fingerprint density at radius 3 is 3.06 bits per heavy atom. The molecule has 0 saturated heterocycles. The molecule has 0 bridgehead atoms. The average molecular weight is 241 g/mol. The summed E-state index contributed by atoms with van der Waals surface area (Å²) in [5.41, 5.74) is 8.67. The monoisotopic (exact) mass is 241 g/mol. The van der Waals surface area contributed by atoms with Gasteiger partial charge in [0.1, 0.15) is 0 Å². The first-order valence-corrected chi connectivity index (χ1v) is 5.98. The number of aryl methyl sites for hydroxylation is 1. The van der Waals surface area contributed by atoms with Crippen molar-refractivity contribution in [2.24, 2.45) is 5.73 Å². The number of pyridine rings is 1. The van der Waals surface area contributed by atoms with Crippen LogP contribution in [0.5, 0.6) is 0 Å². The van der Waals surface area contributed by atoms with E-state index < -0.39 is 0 Å². The number of anilines is 1. The zero-order chi connectivity index (χ0) is 12.5. The summed E-state index contributed by atoms with van der Waals surface area (Å²) < 4.78 is 2.13. The standard InChI is InChI=1S/C13H15N5/c1-9-12-11(13(17-16-9)15-6-5-14)8-10-4-2-3-7-18(10)12/h2-4,7-8H,5-6,14H2,1H3,(H,15,17). The van der Waals surface area contributed by atoms with Gasteiger partial charge in [-0.3, -0.25) is 0 Å². The van der Waals surface area contributed by atoms with Crippen molar-refractivity contribution in [3.05, 3.63) is 36.2 Å². The number of hydrogen-bond acceptors (Lipinski definition) is 4. The Morgan fingerprint density at radius 1 is 1.33 bits per heavy atom. The second-order valence-electron chi connectivity index (χ2n) is 4.25. The molecule has 92 valence electrons. The van der Waals surface area contributed by atoms with Crippen LogP contribution in [0, 0.1) is 6.92 Å². The second kappa shape index (κ2) is 4.27. The molecule has 0 amide bonds. The highest BCUT2D eigenvalue weighted by atomic mass is 15.2. The quantitative estimate of drug-likeness (QED) is 0.730. The molecule has 0 saturated carbocycles. The van der Waals surface area contributed by atoms with E-state index in [4.69, 9.17) is 5.73 Å². The molecule has 0 atom stereocenters.